The van der Waals surface area contributed by atoms with Crippen LogP contribution in [0.1, 0.15) is 0 Å². The van der Waals surface area contributed by atoms with Crippen LogP contribution >= 0.6 is 43.5 Å². The number of rotatable bonds is 3. The normalized spacial score (nSPS) is 11.3. The third-order valence-corrected chi connectivity index (χ3v) is 5.65. The van der Waals surface area contributed by atoms with Gasteiger partial charge in [0.15, 0.2) is 0 Å². The molecule has 0 heterocycles. The zero-order valence-corrected chi connectivity index (χ0v) is 14.6. The van der Waals surface area contributed by atoms with Crippen LogP contribution in [-0.4, -0.2) is 8.42 Å². The van der Waals surface area contributed by atoms with Crippen molar-refractivity contribution in [1.82, 2.24) is 0 Å². The molecule has 2 rings (SSSR count). The maximum absolute atomic E-state index is 12.3. The molecule has 0 aromatic heterocycles. The van der Waals surface area contributed by atoms with E-state index >= 15 is 0 Å². The second kappa shape index (κ2) is 5.93. The predicted octanol–water partition coefficient (Wildman–Crippen LogP) is 4.25. The first-order valence-electron chi connectivity index (χ1n) is 5.32. The number of halogens is 3. The molecular weight excluding hydrogens is 431 g/mol. The van der Waals surface area contributed by atoms with Crippen LogP contribution in [0.5, 0.6) is 0 Å². The van der Waals surface area contributed by atoms with E-state index in [2.05, 4.69) is 36.6 Å². The highest BCUT2D eigenvalue weighted by Gasteiger charge is 2.19. The quantitative estimate of drug-likeness (QED) is 0.701. The van der Waals surface area contributed by atoms with Crippen molar-refractivity contribution < 1.29 is 8.42 Å². The Hall–Kier alpha value is -0.760. The topological polar surface area (TPSA) is 72.2 Å². The highest BCUT2D eigenvalue weighted by Crippen LogP contribution is 2.30. The molecule has 3 N–H and O–H groups in total. The number of nitrogen functional groups attached to an aromatic ring is 1. The van der Waals surface area contributed by atoms with Crippen LogP contribution in [0.15, 0.2) is 50.2 Å². The van der Waals surface area contributed by atoms with Gasteiger partial charge in [-0.05, 0) is 68.3 Å². The van der Waals surface area contributed by atoms with E-state index in [-0.39, 0.29) is 4.90 Å². The van der Waals surface area contributed by atoms with Crippen LogP contribution in [0.2, 0.25) is 5.02 Å². The molecule has 0 saturated heterocycles. The number of anilines is 2. The van der Waals surface area contributed by atoms with Crippen molar-refractivity contribution in [3.8, 4) is 0 Å². The number of hydrogen-bond acceptors (Lipinski definition) is 3. The summed E-state index contributed by atoms with van der Waals surface area (Å²) in [7, 11) is -3.72. The van der Waals surface area contributed by atoms with E-state index < -0.39 is 10.0 Å². The summed E-state index contributed by atoms with van der Waals surface area (Å²) in [4.78, 5) is 0.105. The molecule has 0 aliphatic carbocycles. The molecule has 0 saturated carbocycles. The Labute approximate surface area is 138 Å². The molecule has 0 fully saturated rings. The van der Waals surface area contributed by atoms with Crippen molar-refractivity contribution in [3.05, 3.63) is 50.4 Å². The van der Waals surface area contributed by atoms with Crippen molar-refractivity contribution in [2.45, 2.75) is 4.90 Å². The second-order valence-electron chi connectivity index (χ2n) is 3.92. The summed E-state index contributed by atoms with van der Waals surface area (Å²) >= 11 is 12.3. The molecule has 0 unspecified atom stereocenters. The standard InChI is InChI=1S/C12H9Br2ClN2O2S/c13-9-5-7(15)1-3-11(9)17-20(18,19)12-4-2-8(16)6-10(12)14/h1-6,17H,16H2. The van der Waals surface area contributed by atoms with Gasteiger partial charge >= 0.3 is 0 Å². The zero-order valence-electron chi connectivity index (χ0n) is 9.90. The molecule has 4 nitrogen and oxygen atoms in total. The first kappa shape index (κ1) is 15.6. The summed E-state index contributed by atoms with van der Waals surface area (Å²) in [6, 6.07) is 9.28. The smallest absolute Gasteiger partial charge is 0.263 e. The molecule has 2 aromatic rings. The fraction of sp³-hybridized carbons (Fsp3) is 0. The molecule has 0 radical (unpaired) electrons. The van der Waals surface area contributed by atoms with E-state index in [1.807, 2.05) is 0 Å². The summed E-state index contributed by atoms with van der Waals surface area (Å²) in [6.45, 7) is 0. The molecule has 106 valence electrons. The van der Waals surface area contributed by atoms with E-state index in [9.17, 15) is 8.42 Å². The third kappa shape index (κ3) is 3.46. The summed E-state index contributed by atoms with van der Waals surface area (Å²) in [5.74, 6) is 0. The minimum absolute atomic E-state index is 0.105. The largest absolute Gasteiger partial charge is 0.399 e. The summed E-state index contributed by atoms with van der Waals surface area (Å²) < 4.78 is 28.1. The van der Waals surface area contributed by atoms with E-state index in [0.29, 0.717) is 25.3 Å². The molecule has 0 spiro atoms. The van der Waals surface area contributed by atoms with Crippen LogP contribution in [0, 0.1) is 0 Å². The lowest BCUT2D eigenvalue weighted by molar-refractivity contribution is 0.601. The van der Waals surface area contributed by atoms with Crippen LogP contribution < -0.4 is 10.5 Å². The lowest BCUT2D eigenvalue weighted by Crippen LogP contribution is -2.14. The number of sulfonamides is 1. The summed E-state index contributed by atoms with van der Waals surface area (Å²) in [5.41, 5.74) is 6.47. The Kier molecular flexibility index (Phi) is 4.63. The highest BCUT2D eigenvalue weighted by atomic mass is 79.9. The van der Waals surface area contributed by atoms with Crippen molar-refractivity contribution in [2.75, 3.05) is 10.5 Å². The minimum Gasteiger partial charge on any atom is -0.399 e. The maximum Gasteiger partial charge on any atom is 0.263 e. The van der Waals surface area contributed by atoms with Gasteiger partial charge in [0.1, 0.15) is 4.90 Å². The molecule has 20 heavy (non-hydrogen) atoms. The molecular formula is C12H9Br2ClN2O2S. The Morgan fingerprint density at radius 2 is 1.75 bits per heavy atom. The lowest BCUT2D eigenvalue weighted by atomic mass is 10.3. The Balaban J connectivity index is 2.41. The Morgan fingerprint density at radius 1 is 1.05 bits per heavy atom. The highest BCUT2D eigenvalue weighted by molar-refractivity contribution is 9.11. The van der Waals surface area contributed by atoms with Crippen molar-refractivity contribution >= 4 is 64.9 Å². The first-order chi connectivity index (χ1) is 9.29. The van der Waals surface area contributed by atoms with Crippen LogP contribution in [0.4, 0.5) is 11.4 Å². The van der Waals surface area contributed by atoms with E-state index in [1.54, 1.807) is 18.2 Å². The zero-order chi connectivity index (χ0) is 14.9. The average Bonchev–Trinajstić information content (AvgIpc) is 2.32. The Bertz CT molecular complexity index is 766. The number of nitrogens with two attached hydrogens (primary N) is 1. The van der Waals surface area contributed by atoms with Crippen LogP contribution in [0.3, 0.4) is 0 Å². The monoisotopic (exact) mass is 438 g/mol. The minimum atomic E-state index is -3.72. The second-order valence-corrected chi connectivity index (χ2v) is 7.72. The SMILES string of the molecule is Nc1ccc(S(=O)(=O)Nc2ccc(Cl)cc2Br)c(Br)c1. The van der Waals surface area contributed by atoms with Gasteiger partial charge in [0, 0.05) is 19.7 Å². The molecule has 0 aliphatic heterocycles. The summed E-state index contributed by atoms with van der Waals surface area (Å²) in [6.07, 6.45) is 0. The summed E-state index contributed by atoms with van der Waals surface area (Å²) in [5, 5.41) is 0.508. The van der Waals surface area contributed by atoms with E-state index in [4.69, 9.17) is 17.3 Å². The van der Waals surface area contributed by atoms with Gasteiger partial charge in [-0.25, -0.2) is 8.42 Å². The van der Waals surface area contributed by atoms with E-state index in [1.165, 1.54) is 18.2 Å². The third-order valence-electron chi connectivity index (χ3n) is 2.42. The fourth-order valence-corrected chi connectivity index (χ4v) is 4.60. The van der Waals surface area contributed by atoms with Gasteiger partial charge in [-0.15, -0.1) is 0 Å². The van der Waals surface area contributed by atoms with Gasteiger partial charge in [-0.2, -0.15) is 0 Å². The maximum atomic E-state index is 12.3. The van der Waals surface area contributed by atoms with Gasteiger partial charge in [0.25, 0.3) is 10.0 Å². The molecule has 2 aromatic carbocycles. The predicted molar refractivity (Wildman–Crippen MR) is 88.5 cm³/mol. The van der Waals surface area contributed by atoms with E-state index in [0.717, 1.165) is 0 Å². The van der Waals surface area contributed by atoms with Crippen molar-refractivity contribution in [2.24, 2.45) is 0 Å². The first-order valence-corrected chi connectivity index (χ1v) is 8.77. The number of nitrogens with one attached hydrogen (secondary N) is 1. The van der Waals surface area contributed by atoms with Crippen molar-refractivity contribution in [1.29, 1.82) is 0 Å². The lowest BCUT2D eigenvalue weighted by Gasteiger charge is -2.11. The van der Waals surface area contributed by atoms with Gasteiger partial charge in [0.2, 0.25) is 0 Å². The van der Waals surface area contributed by atoms with Crippen molar-refractivity contribution in [3.63, 3.8) is 0 Å². The van der Waals surface area contributed by atoms with Crippen LogP contribution in [0.25, 0.3) is 0 Å². The molecule has 8 heteroatoms. The van der Waals surface area contributed by atoms with Gasteiger partial charge in [-0.3, -0.25) is 4.72 Å². The fourth-order valence-electron chi connectivity index (χ4n) is 1.51. The molecule has 0 atom stereocenters. The average molecular weight is 441 g/mol. The molecule has 0 bridgehead atoms. The van der Waals surface area contributed by atoms with Crippen LogP contribution in [-0.2, 0) is 10.0 Å². The van der Waals surface area contributed by atoms with Gasteiger partial charge < -0.3 is 5.73 Å². The number of hydrogen-bond donors (Lipinski definition) is 2. The van der Waals surface area contributed by atoms with Gasteiger partial charge in [-0.1, -0.05) is 11.6 Å². The van der Waals surface area contributed by atoms with Gasteiger partial charge in [0.05, 0.1) is 5.69 Å². The number of benzene rings is 2. The molecule has 0 amide bonds. The Morgan fingerprint density at radius 3 is 2.35 bits per heavy atom. The molecule has 0 aliphatic rings.